The summed E-state index contributed by atoms with van der Waals surface area (Å²) in [6.07, 6.45) is 1.74. The molecule has 0 saturated carbocycles. The van der Waals surface area contributed by atoms with E-state index in [0.29, 0.717) is 55.6 Å². The Hall–Kier alpha value is -5.94. The lowest BCUT2D eigenvalue weighted by atomic mass is 9.93. The van der Waals surface area contributed by atoms with Gasteiger partial charge in [-0.05, 0) is 61.4 Å². The van der Waals surface area contributed by atoms with E-state index in [1.165, 1.54) is 11.3 Å². The van der Waals surface area contributed by atoms with E-state index in [4.69, 9.17) is 28.7 Å². The molecule has 10 nitrogen and oxygen atoms in total. The van der Waals surface area contributed by atoms with Crippen molar-refractivity contribution >= 4 is 35.0 Å². The largest absolute Gasteiger partial charge is 0.497 e. The highest BCUT2D eigenvalue weighted by atomic mass is 32.1. The first kappa shape index (κ1) is 34.9. The van der Waals surface area contributed by atoms with E-state index in [2.05, 4.69) is 0 Å². The van der Waals surface area contributed by atoms with Gasteiger partial charge >= 0.3 is 11.9 Å². The number of para-hydroxylation sites is 1. The molecule has 1 aliphatic rings. The molecule has 6 rings (SSSR count). The topological polar surface area (TPSA) is 115 Å². The summed E-state index contributed by atoms with van der Waals surface area (Å²) in [5.74, 6) is 0.597. The average Bonchev–Trinajstić information content (AvgIpc) is 3.48. The Labute approximate surface area is 298 Å². The van der Waals surface area contributed by atoms with E-state index >= 15 is 0 Å². The number of methoxy groups -OCH3 is 2. The maximum Gasteiger partial charge on any atom is 0.338 e. The molecule has 5 aromatic rings. The summed E-state index contributed by atoms with van der Waals surface area (Å²) < 4.78 is 29.9. The maximum atomic E-state index is 14.4. The van der Waals surface area contributed by atoms with Crippen molar-refractivity contribution in [2.24, 2.45) is 4.99 Å². The molecule has 1 aliphatic heterocycles. The van der Waals surface area contributed by atoms with E-state index in [1.807, 2.05) is 54.6 Å². The number of aromatic nitrogens is 1. The van der Waals surface area contributed by atoms with Crippen molar-refractivity contribution in [3.63, 3.8) is 0 Å². The molecule has 4 aromatic carbocycles. The van der Waals surface area contributed by atoms with Gasteiger partial charge in [-0.1, -0.05) is 78.1 Å². The number of hydrogen-bond acceptors (Lipinski definition) is 10. The highest BCUT2D eigenvalue weighted by molar-refractivity contribution is 7.07. The maximum absolute atomic E-state index is 14.4. The van der Waals surface area contributed by atoms with E-state index in [9.17, 15) is 14.4 Å². The number of esters is 2. The number of carbonyl (C=O) groups is 2. The van der Waals surface area contributed by atoms with Gasteiger partial charge in [-0.25, -0.2) is 14.6 Å². The van der Waals surface area contributed by atoms with Crippen molar-refractivity contribution in [3.8, 4) is 17.2 Å². The van der Waals surface area contributed by atoms with Crippen LogP contribution in [-0.2, 0) is 20.9 Å². The van der Waals surface area contributed by atoms with E-state index in [1.54, 1.807) is 81.2 Å². The lowest BCUT2D eigenvalue weighted by Crippen LogP contribution is -2.40. The van der Waals surface area contributed by atoms with Gasteiger partial charge < -0.3 is 23.7 Å². The van der Waals surface area contributed by atoms with Crippen molar-refractivity contribution in [1.29, 1.82) is 0 Å². The summed E-state index contributed by atoms with van der Waals surface area (Å²) in [5.41, 5.74) is 3.63. The van der Waals surface area contributed by atoms with Crippen molar-refractivity contribution in [1.82, 2.24) is 4.57 Å². The van der Waals surface area contributed by atoms with E-state index in [-0.39, 0.29) is 24.3 Å². The number of benzene rings is 4. The monoisotopic (exact) mass is 704 g/mol. The fourth-order valence-corrected chi connectivity index (χ4v) is 6.74. The Morgan fingerprint density at radius 2 is 1.53 bits per heavy atom. The Kier molecular flexibility index (Phi) is 10.8. The number of fused-ring (bicyclic) bond motifs is 1. The van der Waals surface area contributed by atoms with Crippen LogP contribution in [0.1, 0.15) is 52.5 Å². The van der Waals surface area contributed by atoms with Gasteiger partial charge in [-0.2, -0.15) is 0 Å². The minimum atomic E-state index is -0.831. The molecule has 0 amide bonds. The molecule has 0 unspecified atom stereocenters. The van der Waals surface area contributed by atoms with Gasteiger partial charge in [0.1, 0.15) is 12.4 Å². The Balaban J connectivity index is 1.47. The fourth-order valence-electron chi connectivity index (χ4n) is 5.75. The van der Waals surface area contributed by atoms with Gasteiger partial charge in [-0.3, -0.25) is 9.36 Å². The highest BCUT2D eigenvalue weighted by Crippen LogP contribution is 2.36. The zero-order valence-corrected chi connectivity index (χ0v) is 29.4. The molecular weight excluding hydrogens is 669 g/mol. The van der Waals surface area contributed by atoms with Gasteiger partial charge in [0, 0.05) is 11.1 Å². The molecule has 0 fully saturated rings. The van der Waals surface area contributed by atoms with E-state index in [0.717, 1.165) is 11.1 Å². The van der Waals surface area contributed by atoms with Crippen LogP contribution in [-0.4, -0.2) is 43.9 Å². The van der Waals surface area contributed by atoms with Crippen LogP contribution in [0, 0.1) is 0 Å². The zero-order chi connectivity index (χ0) is 35.9. The minimum Gasteiger partial charge on any atom is -0.497 e. The molecule has 0 aliphatic carbocycles. The Bertz CT molecular complexity index is 2260. The van der Waals surface area contributed by atoms with Crippen molar-refractivity contribution < 1.29 is 33.3 Å². The normalized spacial score (nSPS) is 14.0. The number of thiazole rings is 1. The molecular formula is C40H36N2O8S. The summed E-state index contributed by atoms with van der Waals surface area (Å²) in [6.45, 7) is 4.12. The Morgan fingerprint density at radius 3 is 2.20 bits per heavy atom. The van der Waals surface area contributed by atoms with Crippen LogP contribution >= 0.6 is 11.3 Å². The standard InChI is InChI=1S/C40H36N2O8S/c1-5-48-38(44)28-17-15-25(16-18-28)24-50-36-29(13-10-14-31(36)47-4)23-32-37(43)42-35(27-19-21-30(46-3)22-20-27)33(39(45)49-6-2)34(41-40(42)51-32)26-11-8-7-9-12-26/h7-23,35H,5-6,24H2,1-4H3/b32-23-/t35-/m0/s1. The first-order chi connectivity index (χ1) is 24.9. The number of rotatable bonds is 12. The number of nitrogens with zero attached hydrogens (tertiary/aromatic N) is 2. The average molecular weight is 705 g/mol. The second-order valence-corrected chi connectivity index (χ2v) is 12.3. The summed E-state index contributed by atoms with van der Waals surface area (Å²) in [5, 5.41) is 0. The molecule has 2 heterocycles. The van der Waals surface area contributed by atoms with Crippen molar-refractivity contribution in [2.45, 2.75) is 26.5 Å². The summed E-state index contributed by atoms with van der Waals surface area (Å²) in [6, 6.07) is 28.2. The number of carbonyl (C=O) groups excluding carboxylic acids is 2. The molecule has 51 heavy (non-hydrogen) atoms. The predicted octanol–water partition coefficient (Wildman–Crippen LogP) is 5.71. The predicted molar refractivity (Wildman–Crippen MR) is 194 cm³/mol. The van der Waals surface area contributed by atoms with Crippen LogP contribution in [0.25, 0.3) is 11.8 Å². The van der Waals surface area contributed by atoms with Crippen LogP contribution in [0.15, 0.2) is 112 Å². The molecule has 0 radical (unpaired) electrons. The fraction of sp³-hybridized carbons (Fsp3) is 0.200. The zero-order valence-electron chi connectivity index (χ0n) is 28.6. The molecule has 11 heteroatoms. The van der Waals surface area contributed by atoms with Gasteiger partial charge in [0.25, 0.3) is 5.56 Å². The number of ether oxygens (including phenoxy) is 5. The summed E-state index contributed by atoms with van der Waals surface area (Å²) >= 11 is 1.21. The molecule has 1 atom stereocenters. The first-order valence-electron chi connectivity index (χ1n) is 16.3. The minimum absolute atomic E-state index is 0.151. The second-order valence-electron chi connectivity index (χ2n) is 11.3. The van der Waals surface area contributed by atoms with Crippen LogP contribution in [0.4, 0.5) is 0 Å². The first-order valence-corrected chi connectivity index (χ1v) is 17.2. The van der Waals surface area contributed by atoms with Gasteiger partial charge in [-0.15, -0.1) is 0 Å². The molecule has 0 bridgehead atoms. The van der Waals surface area contributed by atoms with Crippen LogP contribution < -0.4 is 29.1 Å². The second kappa shape index (κ2) is 15.7. The van der Waals surface area contributed by atoms with Gasteiger partial charge in [0.15, 0.2) is 16.3 Å². The van der Waals surface area contributed by atoms with Crippen molar-refractivity contribution in [3.05, 3.63) is 150 Å². The van der Waals surface area contributed by atoms with Gasteiger partial charge in [0.2, 0.25) is 0 Å². The lowest BCUT2D eigenvalue weighted by Gasteiger charge is -2.26. The van der Waals surface area contributed by atoms with Crippen LogP contribution in [0.3, 0.4) is 0 Å². The molecule has 0 saturated heterocycles. The van der Waals surface area contributed by atoms with Gasteiger partial charge in [0.05, 0.1) is 54.8 Å². The smallest absolute Gasteiger partial charge is 0.338 e. The third kappa shape index (κ3) is 7.34. The Morgan fingerprint density at radius 1 is 0.824 bits per heavy atom. The lowest BCUT2D eigenvalue weighted by molar-refractivity contribution is -0.138. The quantitative estimate of drug-likeness (QED) is 0.152. The molecule has 260 valence electrons. The summed E-state index contributed by atoms with van der Waals surface area (Å²) in [7, 11) is 3.12. The summed E-state index contributed by atoms with van der Waals surface area (Å²) in [4.78, 5) is 45.6. The van der Waals surface area contributed by atoms with Crippen LogP contribution in [0.5, 0.6) is 17.2 Å². The molecule has 1 aromatic heterocycles. The SMILES string of the molecule is CCOC(=O)C1=C(c2ccccc2)N=c2s/c(=C\c3cccc(OC)c3OCc3ccc(C(=O)OCC)cc3)c(=O)n2[C@H]1c1ccc(OC)cc1. The molecule has 0 spiro atoms. The number of hydrogen-bond donors (Lipinski definition) is 0. The third-order valence-corrected chi connectivity index (χ3v) is 9.15. The highest BCUT2D eigenvalue weighted by Gasteiger charge is 2.35. The van der Waals surface area contributed by atoms with Crippen LogP contribution in [0.2, 0.25) is 0 Å². The molecule has 0 N–H and O–H groups in total. The van der Waals surface area contributed by atoms with E-state index < -0.39 is 18.0 Å². The third-order valence-electron chi connectivity index (χ3n) is 8.17. The van der Waals surface area contributed by atoms with Crippen molar-refractivity contribution in [2.75, 3.05) is 27.4 Å².